The molecule has 2 atom stereocenters. The van der Waals surface area contributed by atoms with Crippen molar-refractivity contribution in [1.82, 2.24) is 4.90 Å². The minimum absolute atomic E-state index is 0.0306. The number of aromatic hydroxyl groups is 1. The van der Waals surface area contributed by atoms with Crippen LogP contribution in [-0.2, 0) is 0 Å². The van der Waals surface area contributed by atoms with Gasteiger partial charge >= 0.3 is 0 Å². The topological polar surface area (TPSA) is 52.9 Å². The molecule has 2 N–H and O–H groups in total. The molecule has 0 saturated heterocycles. The molecule has 0 radical (unpaired) electrons. The second-order valence-electron chi connectivity index (χ2n) is 4.47. The van der Waals surface area contributed by atoms with Crippen LogP contribution in [0.1, 0.15) is 18.5 Å². The molecule has 1 aromatic carbocycles. The molecular weight excluding hydrogens is 218 g/mol. The Morgan fingerprint density at radius 3 is 2.47 bits per heavy atom. The fourth-order valence-corrected chi connectivity index (χ4v) is 2.14. The third-order valence-electron chi connectivity index (χ3n) is 2.95. The van der Waals surface area contributed by atoms with Crippen LogP contribution in [-0.4, -0.2) is 42.9 Å². The standard InChI is InChI=1S/C13H21NO3/c1-9(8-15)12(14(2)3)10-6-5-7-11(17-4)13(10)16/h5-7,9,12,15-16H,8H2,1-4H3. The number of rotatable bonds is 5. The molecule has 0 spiro atoms. The first-order valence-electron chi connectivity index (χ1n) is 5.66. The van der Waals surface area contributed by atoms with Crippen molar-refractivity contribution < 1.29 is 14.9 Å². The molecule has 0 aromatic heterocycles. The van der Waals surface area contributed by atoms with Gasteiger partial charge in [-0.2, -0.15) is 0 Å². The van der Waals surface area contributed by atoms with E-state index in [4.69, 9.17) is 4.74 Å². The van der Waals surface area contributed by atoms with Gasteiger partial charge in [0.05, 0.1) is 7.11 Å². The van der Waals surface area contributed by atoms with Crippen LogP contribution in [0.3, 0.4) is 0 Å². The summed E-state index contributed by atoms with van der Waals surface area (Å²) in [5.41, 5.74) is 0.774. The Morgan fingerprint density at radius 1 is 1.35 bits per heavy atom. The maximum Gasteiger partial charge on any atom is 0.162 e. The zero-order valence-corrected chi connectivity index (χ0v) is 10.8. The van der Waals surface area contributed by atoms with Crippen LogP contribution in [0.2, 0.25) is 0 Å². The van der Waals surface area contributed by atoms with Gasteiger partial charge in [-0.15, -0.1) is 0 Å². The number of benzene rings is 1. The smallest absolute Gasteiger partial charge is 0.162 e. The minimum Gasteiger partial charge on any atom is -0.504 e. The molecule has 0 saturated carbocycles. The number of aliphatic hydroxyl groups is 1. The molecule has 4 heteroatoms. The molecule has 96 valence electrons. The molecule has 1 aromatic rings. The summed E-state index contributed by atoms with van der Waals surface area (Å²) >= 11 is 0. The van der Waals surface area contributed by atoms with Crippen molar-refractivity contribution in [2.75, 3.05) is 27.8 Å². The Labute approximate surface area is 102 Å². The van der Waals surface area contributed by atoms with Crippen molar-refractivity contribution in [2.24, 2.45) is 5.92 Å². The van der Waals surface area contributed by atoms with E-state index in [1.54, 1.807) is 6.07 Å². The van der Waals surface area contributed by atoms with E-state index >= 15 is 0 Å². The Bertz CT molecular complexity index is 366. The Hall–Kier alpha value is -1.26. The van der Waals surface area contributed by atoms with Gasteiger partial charge in [-0.3, -0.25) is 0 Å². The molecule has 0 bridgehead atoms. The molecule has 0 aliphatic carbocycles. The lowest BCUT2D eigenvalue weighted by Gasteiger charge is -2.30. The van der Waals surface area contributed by atoms with E-state index in [0.29, 0.717) is 5.75 Å². The lowest BCUT2D eigenvalue weighted by molar-refractivity contribution is 0.143. The molecule has 0 amide bonds. The summed E-state index contributed by atoms with van der Waals surface area (Å²) in [7, 11) is 5.38. The van der Waals surface area contributed by atoms with Gasteiger partial charge in [-0.25, -0.2) is 0 Å². The van der Waals surface area contributed by atoms with Crippen LogP contribution >= 0.6 is 0 Å². The summed E-state index contributed by atoms with van der Waals surface area (Å²) in [4.78, 5) is 1.98. The molecule has 2 unspecified atom stereocenters. The van der Waals surface area contributed by atoms with Crippen molar-refractivity contribution in [3.05, 3.63) is 23.8 Å². The van der Waals surface area contributed by atoms with Gasteiger partial charge in [0.1, 0.15) is 0 Å². The van der Waals surface area contributed by atoms with Crippen molar-refractivity contribution >= 4 is 0 Å². The Morgan fingerprint density at radius 2 is 2.00 bits per heavy atom. The number of hydrogen-bond donors (Lipinski definition) is 2. The number of methoxy groups -OCH3 is 1. The van der Waals surface area contributed by atoms with E-state index in [1.165, 1.54) is 7.11 Å². The van der Waals surface area contributed by atoms with Gasteiger partial charge < -0.3 is 19.8 Å². The highest BCUT2D eigenvalue weighted by atomic mass is 16.5. The quantitative estimate of drug-likeness (QED) is 0.820. The predicted octanol–water partition coefficient (Wildman–Crippen LogP) is 1.63. The summed E-state index contributed by atoms with van der Waals surface area (Å²) in [5, 5.41) is 19.4. The van der Waals surface area contributed by atoms with Crippen molar-refractivity contribution in [3.8, 4) is 11.5 Å². The third-order valence-corrected chi connectivity index (χ3v) is 2.95. The number of aliphatic hydroxyl groups excluding tert-OH is 1. The maximum absolute atomic E-state index is 10.1. The minimum atomic E-state index is -0.0462. The zero-order chi connectivity index (χ0) is 13.0. The fraction of sp³-hybridized carbons (Fsp3) is 0.538. The fourth-order valence-electron chi connectivity index (χ4n) is 2.14. The second kappa shape index (κ2) is 5.89. The van der Waals surface area contributed by atoms with Crippen molar-refractivity contribution in [3.63, 3.8) is 0 Å². The highest BCUT2D eigenvalue weighted by molar-refractivity contribution is 5.47. The number of phenolic OH excluding ortho intramolecular Hbond substituents is 1. The van der Waals surface area contributed by atoms with Crippen molar-refractivity contribution in [1.29, 1.82) is 0 Å². The van der Waals surface area contributed by atoms with Gasteiger partial charge in [0.15, 0.2) is 11.5 Å². The van der Waals surface area contributed by atoms with E-state index in [-0.39, 0.29) is 24.3 Å². The first-order chi connectivity index (χ1) is 8.02. The summed E-state index contributed by atoms with van der Waals surface area (Å²) in [5.74, 6) is 0.636. The normalized spacial score (nSPS) is 14.7. The van der Waals surface area contributed by atoms with Gasteiger partial charge in [0.25, 0.3) is 0 Å². The Balaban J connectivity index is 3.19. The molecule has 4 nitrogen and oxygen atoms in total. The summed E-state index contributed by atoms with van der Waals surface area (Å²) in [6, 6.07) is 5.37. The number of para-hydroxylation sites is 1. The van der Waals surface area contributed by atoms with E-state index in [1.807, 2.05) is 38.1 Å². The zero-order valence-electron chi connectivity index (χ0n) is 10.8. The summed E-state index contributed by atoms with van der Waals surface area (Å²) < 4.78 is 5.10. The second-order valence-corrected chi connectivity index (χ2v) is 4.47. The van der Waals surface area contributed by atoms with Gasteiger partial charge in [-0.05, 0) is 26.1 Å². The Kier molecular flexibility index (Phi) is 4.78. The van der Waals surface area contributed by atoms with Gasteiger partial charge in [0.2, 0.25) is 0 Å². The number of phenols is 1. The molecule has 0 fully saturated rings. The molecule has 0 aliphatic rings. The molecule has 0 heterocycles. The van der Waals surface area contributed by atoms with E-state index in [9.17, 15) is 10.2 Å². The lowest BCUT2D eigenvalue weighted by Crippen LogP contribution is -2.28. The average Bonchev–Trinajstić information content (AvgIpc) is 2.31. The van der Waals surface area contributed by atoms with Crippen LogP contribution in [0, 0.1) is 5.92 Å². The van der Waals surface area contributed by atoms with Crippen LogP contribution in [0.4, 0.5) is 0 Å². The number of hydrogen-bond acceptors (Lipinski definition) is 4. The predicted molar refractivity (Wildman–Crippen MR) is 67.3 cm³/mol. The van der Waals surface area contributed by atoms with Crippen LogP contribution in [0.25, 0.3) is 0 Å². The SMILES string of the molecule is COc1cccc(C(C(C)CO)N(C)C)c1O. The highest BCUT2D eigenvalue weighted by Gasteiger charge is 2.24. The molecule has 0 aliphatic heterocycles. The van der Waals surface area contributed by atoms with Gasteiger partial charge in [-0.1, -0.05) is 19.1 Å². The van der Waals surface area contributed by atoms with Crippen LogP contribution in [0.15, 0.2) is 18.2 Å². The number of nitrogens with zero attached hydrogens (tertiary/aromatic N) is 1. The molecule has 17 heavy (non-hydrogen) atoms. The van der Waals surface area contributed by atoms with Crippen LogP contribution < -0.4 is 4.74 Å². The van der Waals surface area contributed by atoms with Crippen molar-refractivity contribution in [2.45, 2.75) is 13.0 Å². The highest BCUT2D eigenvalue weighted by Crippen LogP contribution is 2.38. The monoisotopic (exact) mass is 239 g/mol. The average molecular weight is 239 g/mol. The van der Waals surface area contributed by atoms with Crippen LogP contribution in [0.5, 0.6) is 11.5 Å². The lowest BCUT2D eigenvalue weighted by atomic mass is 9.93. The van der Waals surface area contributed by atoms with Gasteiger partial charge in [0, 0.05) is 18.2 Å². The first kappa shape index (κ1) is 13.8. The van der Waals surface area contributed by atoms with E-state index < -0.39 is 0 Å². The summed E-state index contributed by atoms with van der Waals surface area (Å²) in [6.07, 6.45) is 0. The molecule has 1 rings (SSSR count). The number of ether oxygens (including phenoxy) is 1. The maximum atomic E-state index is 10.1. The first-order valence-corrected chi connectivity index (χ1v) is 5.66. The van der Waals surface area contributed by atoms with E-state index in [2.05, 4.69) is 0 Å². The summed E-state index contributed by atoms with van der Waals surface area (Å²) in [6.45, 7) is 2.02. The third kappa shape index (κ3) is 2.90. The molecular formula is C13H21NO3. The largest absolute Gasteiger partial charge is 0.504 e. The van der Waals surface area contributed by atoms with E-state index in [0.717, 1.165) is 5.56 Å².